The van der Waals surface area contributed by atoms with Crippen molar-refractivity contribution in [3.05, 3.63) is 6.33 Å². The Morgan fingerprint density at radius 1 is 1.00 bits per heavy atom. The van der Waals surface area contributed by atoms with E-state index in [4.69, 9.17) is 0 Å². The first kappa shape index (κ1) is 13.1. The van der Waals surface area contributed by atoms with Crippen LogP contribution in [0.5, 0.6) is 0 Å². The molecule has 0 N–H and O–H groups in total. The Hall–Kier alpha value is -0.930. The molecule has 0 unspecified atom stereocenters. The second kappa shape index (κ2) is 8.25. The number of hydrogen-bond acceptors (Lipinski definition) is 2. The fraction of sp³-hybridized carbons (Fsp3) is 0.917. The van der Waals surface area contributed by atoms with Gasteiger partial charge in [-0.05, 0) is 11.2 Å². The van der Waals surface area contributed by atoms with Gasteiger partial charge < -0.3 is 0 Å². The summed E-state index contributed by atoms with van der Waals surface area (Å²) in [6.45, 7) is 3.26. The third-order valence-electron chi connectivity index (χ3n) is 2.84. The van der Waals surface area contributed by atoms with E-state index in [9.17, 15) is 0 Å². The van der Waals surface area contributed by atoms with Crippen molar-refractivity contribution in [3.8, 4) is 0 Å². The van der Waals surface area contributed by atoms with Crippen LogP contribution in [0.1, 0.15) is 58.3 Å². The van der Waals surface area contributed by atoms with Gasteiger partial charge >= 0.3 is 0 Å². The molecule has 0 aromatic carbocycles. The molecule has 16 heavy (non-hydrogen) atoms. The topological polar surface area (TPSA) is 34.6 Å². The van der Waals surface area contributed by atoms with Gasteiger partial charge in [-0.15, -0.1) is 4.68 Å². The SMILES string of the molecule is CCCCCCCCCC[n+]1cnn(C)n1. The normalized spacial score (nSPS) is 10.9. The van der Waals surface area contributed by atoms with Crippen molar-refractivity contribution in [1.82, 2.24) is 15.1 Å². The first-order valence-corrected chi connectivity index (χ1v) is 6.59. The van der Waals surface area contributed by atoms with Crippen molar-refractivity contribution in [1.29, 1.82) is 0 Å². The summed E-state index contributed by atoms with van der Waals surface area (Å²) in [5.74, 6) is 0. The lowest BCUT2D eigenvalue weighted by atomic mass is 10.1. The molecule has 1 rings (SSSR count). The standard InChI is InChI=1S/C12H25N4/c1-3-4-5-6-7-8-9-10-11-16-12-13-15(2)14-16/h12H,3-11H2,1-2H3/q+1. The minimum Gasteiger partial charge on any atom is -0.140 e. The zero-order valence-electron chi connectivity index (χ0n) is 10.7. The summed E-state index contributed by atoms with van der Waals surface area (Å²) in [7, 11) is 1.85. The zero-order chi connectivity index (χ0) is 11.6. The lowest BCUT2D eigenvalue weighted by molar-refractivity contribution is -0.756. The van der Waals surface area contributed by atoms with Crippen LogP contribution in [0.3, 0.4) is 0 Å². The molecule has 1 aromatic rings. The molecular weight excluding hydrogens is 200 g/mol. The maximum Gasteiger partial charge on any atom is 0.286 e. The minimum absolute atomic E-state index is 1.00. The van der Waals surface area contributed by atoms with E-state index in [-0.39, 0.29) is 0 Å². The predicted molar refractivity (Wildman–Crippen MR) is 63.8 cm³/mol. The van der Waals surface area contributed by atoms with E-state index < -0.39 is 0 Å². The molecule has 4 heteroatoms. The molecule has 0 radical (unpaired) electrons. The van der Waals surface area contributed by atoms with E-state index >= 15 is 0 Å². The molecule has 0 amide bonds. The number of hydrogen-bond donors (Lipinski definition) is 0. The molecular formula is C12H25N4+. The van der Waals surface area contributed by atoms with Crippen LogP contribution in [0.25, 0.3) is 0 Å². The molecule has 0 saturated carbocycles. The quantitative estimate of drug-likeness (QED) is 0.477. The summed E-state index contributed by atoms with van der Waals surface area (Å²) in [6.07, 6.45) is 12.6. The van der Waals surface area contributed by atoms with Crippen molar-refractivity contribution in [3.63, 3.8) is 0 Å². The fourth-order valence-electron chi connectivity index (χ4n) is 1.86. The molecule has 0 saturated heterocycles. The molecule has 0 fully saturated rings. The van der Waals surface area contributed by atoms with E-state index in [1.54, 1.807) is 11.1 Å². The van der Waals surface area contributed by atoms with Crippen LogP contribution < -0.4 is 4.68 Å². The van der Waals surface area contributed by atoms with Crippen LogP contribution in [0.2, 0.25) is 0 Å². The van der Waals surface area contributed by atoms with E-state index in [0.717, 1.165) is 6.54 Å². The average molecular weight is 225 g/mol. The van der Waals surface area contributed by atoms with Gasteiger partial charge in [0, 0.05) is 0 Å². The first-order valence-electron chi connectivity index (χ1n) is 6.59. The minimum atomic E-state index is 1.00. The van der Waals surface area contributed by atoms with Crippen molar-refractivity contribution in [2.24, 2.45) is 7.05 Å². The van der Waals surface area contributed by atoms with Crippen molar-refractivity contribution >= 4 is 0 Å². The van der Waals surface area contributed by atoms with Crippen molar-refractivity contribution < 1.29 is 4.68 Å². The molecule has 0 aliphatic rings. The zero-order valence-corrected chi connectivity index (χ0v) is 10.7. The van der Waals surface area contributed by atoms with Crippen LogP contribution in [0, 0.1) is 0 Å². The summed E-state index contributed by atoms with van der Waals surface area (Å²) in [5.41, 5.74) is 0. The summed E-state index contributed by atoms with van der Waals surface area (Å²) in [5, 5.41) is 8.23. The van der Waals surface area contributed by atoms with Crippen LogP contribution in [-0.2, 0) is 13.6 Å². The number of tetrazole rings is 1. The Morgan fingerprint density at radius 3 is 2.19 bits per heavy atom. The average Bonchev–Trinajstić information content (AvgIpc) is 2.68. The molecule has 1 aromatic heterocycles. The van der Waals surface area contributed by atoms with Gasteiger partial charge in [-0.25, -0.2) is 0 Å². The van der Waals surface area contributed by atoms with Gasteiger partial charge in [0.25, 0.3) is 6.33 Å². The molecule has 1 heterocycles. The lowest BCUT2D eigenvalue weighted by Crippen LogP contribution is -2.35. The highest BCUT2D eigenvalue weighted by molar-refractivity contribution is 4.44. The highest BCUT2D eigenvalue weighted by Crippen LogP contribution is 2.07. The Bertz CT molecular complexity index is 270. The summed E-state index contributed by atoms with van der Waals surface area (Å²) in [6, 6.07) is 0. The van der Waals surface area contributed by atoms with Crippen molar-refractivity contribution in [2.75, 3.05) is 0 Å². The van der Waals surface area contributed by atoms with Crippen molar-refractivity contribution in [2.45, 2.75) is 64.8 Å². The van der Waals surface area contributed by atoms with Crippen LogP contribution in [0.4, 0.5) is 0 Å². The number of unbranched alkanes of at least 4 members (excludes halogenated alkanes) is 7. The maximum atomic E-state index is 4.19. The smallest absolute Gasteiger partial charge is 0.140 e. The molecule has 0 atom stereocenters. The fourth-order valence-corrected chi connectivity index (χ4v) is 1.86. The van der Waals surface area contributed by atoms with Gasteiger partial charge in [0.1, 0.15) is 7.05 Å². The highest BCUT2D eigenvalue weighted by Gasteiger charge is 2.01. The lowest BCUT2D eigenvalue weighted by Gasteiger charge is -1.99. The second-order valence-corrected chi connectivity index (χ2v) is 4.45. The number of rotatable bonds is 9. The Labute approximate surface area is 98.6 Å². The summed E-state index contributed by atoms with van der Waals surface area (Å²) >= 11 is 0. The summed E-state index contributed by atoms with van der Waals surface area (Å²) < 4.78 is 1.91. The Kier molecular flexibility index (Phi) is 6.77. The van der Waals surface area contributed by atoms with Crippen LogP contribution in [0.15, 0.2) is 6.33 Å². The molecule has 0 aliphatic carbocycles. The van der Waals surface area contributed by atoms with Gasteiger partial charge in [0.05, 0.1) is 16.9 Å². The van der Waals surface area contributed by atoms with Gasteiger partial charge in [-0.2, -0.15) is 0 Å². The molecule has 0 bridgehead atoms. The third-order valence-corrected chi connectivity index (χ3v) is 2.84. The maximum absolute atomic E-state index is 4.19. The van der Waals surface area contributed by atoms with E-state index in [1.165, 1.54) is 51.4 Å². The number of nitrogens with zero attached hydrogens (tertiary/aromatic N) is 4. The van der Waals surface area contributed by atoms with Gasteiger partial charge in [0.15, 0.2) is 0 Å². The van der Waals surface area contributed by atoms with E-state index in [0.29, 0.717) is 0 Å². The molecule has 0 spiro atoms. The van der Waals surface area contributed by atoms with Gasteiger partial charge in [-0.3, -0.25) is 0 Å². The largest absolute Gasteiger partial charge is 0.286 e. The molecule has 0 aliphatic heterocycles. The molecule has 4 nitrogen and oxygen atoms in total. The van der Waals surface area contributed by atoms with Crippen LogP contribution >= 0.6 is 0 Å². The number of aryl methyl sites for hydroxylation is 2. The third kappa shape index (κ3) is 5.83. The Balaban J connectivity index is 1.88. The van der Waals surface area contributed by atoms with E-state index in [2.05, 4.69) is 17.2 Å². The predicted octanol–water partition coefficient (Wildman–Crippen LogP) is 2.24. The monoisotopic (exact) mass is 225 g/mol. The van der Waals surface area contributed by atoms with Crippen LogP contribution in [-0.4, -0.2) is 15.1 Å². The van der Waals surface area contributed by atoms with Gasteiger partial charge in [0.2, 0.25) is 0 Å². The van der Waals surface area contributed by atoms with Gasteiger partial charge in [-0.1, -0.05) is 51.9 Å². The first-order chi connectivity index (χ1) is 7.83. The second-order valence-electron chi connectivity index (χ2n) is 4.45. The highest BCUT2D eigenvalue weighted by atomic mass is 15.6. The summed E-state index contributed by atoms with van der Waals surface area (Å²) in [4.78, 5) is 1.60. The Morgan fingerprint density at radius 2 is 1.62 bits per heavy atom. The number of aromatic nitrogens is 4. The van der Waals surface area contributed by atoms with E-state index in [1.807, 2.05) is 11.7 Å². The molecule has 92 valence electrons.